The molecule has 2 N–H and O–H groups in total. The van der Waals surface area contributed by atoms with Gasteiger partial charge in [-0.05, 0) is 43.4 Å². The lowest BCUT2D eigenvalue weighted by atomic mass is 9.88. The van der Waals surface area contributed by atoms with Crippen molar-refractivity contribution in [3.8, 4) is 17.2 Å². The lowest BCUT2D eigenvalue weighted by Crippen LogP contribution is -2.09. The van der Waals surface area contributed by atoms with E-state index in [2.05, 4.69) is 27.0 Å². The normalized spacial score (nSPS) is 15.9. The standard InChI is InChI=1S/C22H25BrFN3/c23-15-11-12-16(19(24)13-15)21-17-9-7-5-3-1-2-4-6-8-10-20(17)27-22(26)18(21)14-25/h11-13H,1-10H2,(H2,26,27). The van der Waals surface area contributed by atoms with Gasteiger partial charge in [-0.3, -0.25) is 0 Å². The van der Waals surface area contributed by atoms with Crippen molar-refractivity contribution in [3.05, 3.63) is 45.3 Å². The number of anilines is 1. The number of nitriles is 1. The summed E-state index contributed by atoms with van der Waals surface area (Å²) in [6.45, 7) is 0. The molecule has 0 saturated carbocycles. The maximum absolute atomic E-state index is 14.8. The van der Waals surface area contributed by atoms with Gasteiger partial charge in [0.25, 0.3) is 0 Å². The first-order chi connectivity index (χ1) is 13.1. The van der Waals surface area contributed by atoms with Gasteiger partial charge in [-0.25, -0.2) is 9.37 Å². The molecule has 3 nitrogen and oxygen atoms in total. The summed E-state index contributed by atoms with van der Waals surface area (Å²) in [4.78, 5) is 4.57. The van der Waals surface area contributed by atoms with Crippen LogP contribution in [0.4, 0.5) is 10.2 Å². The van der Waals surface area contributed by atoms with Crippen LogP contribution in [0.3, 0.4) is 0 Å². The minimum atomic E-state index is -0.347. The van der Waals surface area contributed by atoms with Crippen LogP contribution in [0.5, 0.6) is 0 Å². The molecule has 1 heterocycles. The number of nitrogens with zero attached hydrogens (tertiary/aromatic N) is 2. The summed E-state index contributed by atoms with van der Waals surface area (Å²) in [5, 5.41) is 9.71. The maximum atomic E-state index is 14.8. The number of fused-ring (bicyclic) bond motifs is 1. The summed E-state index contributed by atoms with van der Waals surface area (Å²) in [5.41, 5.74) is 9.43. The summed E-state index contributed by atoms with van der Waals surface area (Å²) < 4.78 is 15.5. The van der Waals surface area contributed by atoms with Crippen LogP contribution in [0.1, 0.15) is 68.2 Å². The average Bonchev–Trinajstić information content (AvgIpc) is 2.63. The first kappa shape index (κ1) is 19.8. The van der Waals surface area contributed by atoms with Gasteiger partial charge in [0.2, 0.25) is 0 Å². The fourth-order valence-corrected chi connectivity index (χ4v) is 4.26. The van der Waals surface area contributed by atoms with E-state index >= 15 is 0 Å². The Labute approximate surface area is 168 Å². The molecule has 1 aromatic heterocycles. The summed E-state index contributed by atoms with van der Waals surface area (Å²) in [5.74, 6) is -0.138. The first-order valence-corrected chi connectivity index (χ1v) is 10.6. The van der Waals surface area contributed by atoms with E-state index in [4.69, 9.17) is 5.73 Å². The van der Waals surface area contributed by atoms with E-state index in [-0.39, 0.29) is 11.6 Å². The molecule has 2 aromatic rings. The lowest BCUT2D eigenvalue weighted by molar-refractivity contribution is 0.557. The van der Waals surface area contributed by atoms with Crippen LogP contribution < -0.4 is 5.73 Å². The number of aromatic nitrogens is 1. The number of hydrogen-bond donors (Lipinski definition) is 1. The predicted octanol–water partition coefficient (Wildman–Crippen LogP) is 6.32. The zero-order valence-corrected chi connectivity index (χ0v) is 17.1. The van der Waals surface area contributed by atoms with Gasteiger partial charge in [-0.15, -0.1) is 0 Å². The fourth-order valence-electron chi connectivity index (χ4n) is 3.93. The molecule has 27 heavy (non-hydrogen) atoms. The minimum absolute atomic E-state index is 0.209. The SMILES string of the molecule is N#Cc1c(N)nc2c(c1-c1ccc(Br)cc1F)CCCCCCCCCC2. The van der Waals surface area contributed by atoms with Crippen molar-refractivity contribution in [1.29, 1.82) is 5.26 Å². The summed E-state index contributed by atoms with van der Waals surface area (Å²) in [7, 11) is 0. The number of benzene rings is 1. The molecule has 1 aliphatic carbocycles. The summed E-state index contributed by atoms with van der Waals surface area (Å²) >= 11 is 3.31. The van der Waals surface area contributed by atoms with Crippen molar-refractivity contribution in [2.45, 2.75) is 64.2 Å². The molecular formula is C22H25BrFN3. The molecule has 0 radical (unpaired) electrons. The highest BCUT2D eigenvalue weighted by molar-refractivity contribution is 9.10. The monoisotopic (exact) mass is 429 g/mol. The molecule has 0 atom stereocenters. The topological polar surface area (TPSA) is 62.7 Å². The van der Waals surface area contributed by atoms with E-state index in [1.54, 1.807) is 12.1 Å². The largest absolute Gasteiger partial charge is 0.383 e. The third-order valence-corrected chi connectivity index (χ3v) is 5.81. The molecule has 1 aliphatic rings. The number of pyridine rings is 1. The Hall–Kier alpha value is -1.93. The second-order valence-electron chi connectivity index (χ2n) is 7.24. The van der Waals surface area contributed by atoms with Crippen LogP contribution in [0, 0.1) is 17.1 Å². The Morgan fingerprint density at radius 1 is 1.00 bits per heavy atom. The predicted molar refractivity (Wildman–Crippen MR) is 111 cm³/mol. The van der Waals surface area contributed by atoms with E-state index in [0.29, 0.717) is 21.2 Å². The van der Waals surface area contributed by atoms with E-state index in [1.807, 2.05) is 0 Å². The van der Waals surface area contributed by atoms with Crippen molar-refractivity contribution in [3.63, 3.8) is 0 Å². The van der Waals surface area contributed by atoms with Gasteiger partial charge >= 0.3 is 0 Å². The molecule has 0 fully saturated rings. The molecule has 0 spiro atoms. The van der Waals surface area contributed by atoms with E-state index in [9.17, 15) is 9.65 Å². The third-order valence-electron chi connectivity index (χ3n) is 5.31. The molecule has 5 heteroatoms. The van der Waals surface area contributed by atoms with Crippen LogP contribution in [0.2, 0.25) is 0 Å². The van der Waals surface area contributed by atoms with E-state index < -0.39 is 0 Å². The molecule has 0 unspecified atom stereocenters. The van der Waals surface area contributed by atoms with Crippen LogP contribution in [0.15, 0.2) is 22.7 Å². The number of nitrogens with two attached hydrogens (primary N) is 1. The molecule has 0 amide bonds. The molecule has 3 rings (SSSR count). The Balaban J connectivity index is 2.15. The number of hydrogen-bond acceptors (Lipinski definition) is 3. The first-order valence-electron chi connectivity index (χ1n) is 9.78. The smallest absolute Gasteiger partial charge is 0.142 e. The molecule has 1 aromatic carbocycles. The Morgan fingerprint density at radius 3 is 2.26 bits per heavy atom. The molecule has 0 saturated heterocycles. The van der Waals surface area contributed by atoms with Gasteiger partial charge in [-0.1, -0.05) is 60.5 Å². The third kappa shape index (κ3) is 4.68. The van der Waals surface area contributed by atoms with Gasteiger partial charge in [0.1, 0.15) is 23.3 Å². The Kier molecular flexibility index (Phi) is 6.84. The highest BCUT2D eigenvalue weighted by Gasteiger charge is 2.22. The van der Waals surface area contributed by atoms with Gasteiger partial charge in [0, 0.05) is 21.3 Å². The van der Waals surface area contributed by atoms with Gasteiger partial charge < -0.3 is 5.73 Å². The van der Waals surface area contributed by atoms with Gasteiger partial charge in [0.15, 0.2) is 0 Å². The number of aryl methyl sites for hydroxylation is 1. The highest BCUT2D eigenvalue weighted by atomic mass is 79.9. The van der Waals surface area contributed by atoms with Crippen molar-refractivity contribution in [2.24, 2.45) is 0 Å². The number of rotatable bonds is 1. The fraction of sp³-hybridized carbons (Fsp3) is 0.455. The zero-order valence-electron chi connectivity index (χ0n) is 15.5. The lowest BCUT2D eigenvalue weighted by Gasteiger charge is -2.19. The van der Waals surface area contributed by atoms with Gasteiger partial charge in [0.05, 0.1) is 0 Å². The molecule has 0 bridgehead atoms. The second-order valence-corrected chi connectivity index (χ2v) is 8.15. The minimum Gasteiger partial charge on any atom is -0.383 e. The average molecular weight is 430 g/mol. The number of halogens is 2. The van der Waals surface area contributed by atoms with Crippen LogP contribution >= 0.6 is 15.9 Å². The van der Waals surface area contributed by atoms with Crippen LogP contribution in [0.25, 0.3) is 11.1 Å². The van der Waals surface area contributed by atoms with E-state index in [0.717, 1.165) is 43.4 Å². The number of nitrogen functional groups attached to an aromatic ring is 1. The van der Waals surface area contributed by atoms with Crippen molar-refractivity contribution < 1.29 is 4.39 Å². The van der Waals surface area contributed by atoms with Gasteiger partial charge in [-0.2, -0.15) is 5.26 Å². The van der Waals surface area contributed by atoms with Crippen molar-refractivity contribution in [1.82, 2.24) is 4.98 Å². The van der Waals surface area contributed by atoms with Crippen molar-refractivity contribution >= 4 is 21.7 Å². The summed E-state index contributed by atoms with van der Waals surface area (Å²) in [6, 6.07) is 7.15. The van der Waals surface area contributed by atoms with Crippen LogP contribution in [-0.2, 0) is 12.8 Å². The molecular weight excluding hydrogens is 405 g/mol. The van der Waals surface area contributed by atoms with Crippen LogP contribution in [-0.4, -0.2) is 4.98 Å². The quantitative estimate of drug-likeness (QED) is 0.576. The summed E-state index contributed by atoms with van der Waals surface area (Å²) in [6.07, 6.45) is 11.1. The highest BCUT2D eigenvalue weighted by Crippen LogP contribution is 2.36. The van der Waals surface area contributed by atoms with Crippen molar-refractivity contribution in [2.75, 3.05) is 5.73 Å². The zero-order chi connectivity index (χ0) is 19.2. The Morgan fingerprint density at radius 2 is 1.63 bits per heavy atom. The second kappa shape index (κ2) is 9.32. The molecule has 0 aliphatic heterocycles. The molecule has 142 valence electrons. The maximum Gasteiger partial charge on any atom is 0.142 e. The van der Waals surface area contributed by atoms with E-state index in [1.165, 1.54) is 38.2 Å². The Bertz CT molecular complexity index is 858.